The fourth-order valence-corrected chi connectivity index (χ4v) is 3.61. The lowest BCUT2D eigenvalue weighted by Crippen LogP contribution is -2.37. The van der Waals surface area contributed by atoms with E-state index in [4.69, 9.17) is 0 Å². The van der Waals surface area contributed by atoms with E-state index in [2.05, 4.69) is 46.0 Å². The van der Waals surface area contributed by atoms with Crippen molar-refractivity contribution in [3.05, 3.63) is 77.9 Å². The molecule has 6 heteroatoms. The minimum absolute atomic E-state index is 0.345. The van der Waals surface area contributed by atoms with Crippen LogP contribution in [-0.2, 0) is 22.8 Å². The first-order valence-corrected chi connectivity index (χ1v) is 11.1. The highest BCUT2D eigenvalue weighted by Gasteiger charge is 2.06. The van der Waals surface area contributed by atoms with Crippen LogP contribution >= 0.6 is 0 Å². The van der Waals surface area contributed by atoms with Crippen molar-refractivity contribution < 1.29 is 8.42 Å². The van der Waals surface area contributed by atoms with Crippen molar-refractivity contribution in [1.82, 2.24) is 10.6 Å². The molecule has 0 saturated carbocycles. The van der Waals surface area contributed by atoms with E-state index in [1.165, 1.54) is 22.6 Å². The van der Waals surface area contributed by atoms with Crippen LogP contribution in [0.5, 0.6) is 0 Å². The molecular weight excluding hydrogens is 370 g/mol. The van der Waals surface area contributed by atoms with Crippen LogP contribution in [0.3, 0.4) is 0 Å². The van der Waals surface area contributed by atoms with E-state index in [9.17, 15) is 8.42 Å². The van der Waals surface area contributed by atoms with Crippen molar-refractivity contribution in [3.8, 4) is 0 Å². The van der Waals surface area contributed by atoms with Gasteiger partial charge in [-0.2, -0.15) is 0 Å². The van der Waals surface area contributed by atoms with Crippen molar-refractivity contribution >= 4 is 26.6 Å². The molecule has 3 aromatic carbocycles. The number of hydrogen-bond donors (Lipinski definition) is 2. The zero-order valence-electron chi connectivity index (χ0n) is 16.1. The number of nitrogens with zero attached hydrogens (tertiary/aromatic N) is 1. The lowest BCUT2D eigenvalue weighted by Gasteiger charge is -2.12. The molecular formula is C22H25N3O2S. The molecule has 146 valence electrons. The molecule has 0 aliphatic rings. The summed E-state index contributed by atoms with van der Waals surface area (Å²) in [5.74, 6) is 0.737. The smallest absolute Gasteiger partial charge is 0.191 e. The van der Waals surface area contributed by atoms with E-state index < -0.39 is 9.84 Å². The summed E-state index contributed by atoms with van der Waals surface area (Å²) in [5.41, 5.74) is 2.27. The van der Waals surface area contributed by atoms with Crippen molar-refractivity contribution in [2.24, 2.45) is 4.99 Å². The molecule has 0 atom stereocenters. The Labute approximate surface area is 166 Å². The first kappa shape index (κ1) is 19.9. The number of fused-ring (bicyclic) bond motifs is 1. The lowest BCUT2D eigenvalue weighted by molar-refractivity contribution is 0.602. The Balaban J connectivity index is 1.50. The van der Waals surface area contributed by atoms with Gasteiger partial charge in [-0.15, -0.1) is 0 Å². The fraction of sp³-hybridized carbons (Fsp3) is 0.227. The van der Waals surface area contributed by atoms with Gasteiger partial charge in [0.25, 0.3) is 0 Å². The van der Waals surface area contributed by atoms with Gasteiger partial charge >= 0.3 is 0 Å². The number of guanidine groups is 1. The van der Waals surface area contributed by atoms with E-state index in [1.807, 2.05) is 24.3 Å². The molecule has 3 rings (SSSR count). The minimum atomic E-state index is -3.15. The highest BCUT2D eigenvalue weighted by Crippen LogP contribution is 2.15. The van der Waals surface area contributed by atoms with Crippen LogP contribution in [0.4, 0.5) is 0 Å². The second-order valence-corrected chi connectivity index (χ2v) is 8.72. The van der Waals surface area contributed by atoms with Crippen LogP contribution < -0.4 is 10.6 Å². The van der Waals surface area contributed by atoms with Crippen LogP contribution in [0.2, 0.25) is 0 Å². The maximum absolute atomic E-state index is 11.5. The summed E-state index contributed by atoms with van der Waals surface area (Å²) in [6.45, 7) is 1.39. The van der Waals surface area contributed by atoms with Gasteiger partial charge in [0.05, 0.1) is 4.90 Å². The topological polar surface area (TPSA) is 70.6 Å². The molecule has 0 fully saturated rings. The largest absolute Gasteiger partial charge is 0.356 e. The summed E-state index contributed by atoms with van der Waals surface area (Å²) in [7, 11) is -1.40. The molecule has 2 N–H and O–H groups in total. The van der Waals surface area contributed by atoms with Gasteiger partial charge in [-0.3, -0.25) is 4.99 Å². The Hall–Kier alpha value is -2.86. The van der Waals surface area contributed by atoms with E-state index in [0.29, 0.717) is 18.0 Å². The molecule has 0 saturated heterocycles. The molecule has 0 aliphatic carbocycles. The Morgan fingerprint density at radius 2 is 1.57 bits per heavy atom. The zero-order valence-corrected chi connectivity index (χ0v) is 17.0. The maximum atomic E-state index is 11.5. The van der Waals surface area contributed by atoms with Gasteiger partial charge in [0.2, 0.25) is 0 Å². The predicted molar refractivity (Wildman–Crippen MR) is 115 cm³/mol. The third kappa shape index (κ3) is 5.33. The number of hydrogen-bond acceptors (Lipinski definition) is 3. The van der Waals surface area contributed by atoms with Gasteiger partial charge in [0.1, 0.15) is 0 Å². The van der Waals surface area contributed by atoms with Gasteiger partial charge in [-0.25, -0.2) is 8.42 Å². The summed E-state index contributed by atoms with van der Waals surface area (Å²) in [5, 5.41) is 9.07. The molecule has 28 heavy (non-hydrogen) atoms. The molecule has 0 spiro atoms. The average molecular weight is 396 g/mol. The first-order chi connectivity index (χ1) is 13.5. The zero-order chi connectivity index (χ0) is 20.0. The van der Waals surface area contributed by atoms with Crippen LogP contribution in [0, 0.1) is 0 Å². The summed E-state index contributed by atoms with van der Waals surface area (Å²) in [4.78, 5) is 4.60. The van der Waals surface area contributed by atoms with Gasteiger partial charge in [0.15, 0.2) is 15.8 Å². The number of aliphatic imine (C=N–C) groups is 1. The summed E-state index contributed by atoms with van der Waals surface area (Å²) in [6, 6.07) is 21.7. The van der Waals surface area contributed by atoms with Gasteiger partial charge < -0.3 is 10.6 Å². The minimum Gasteiger partial charge on any atom is -0.356 e. The highest BCUT2D eigenvalue weighted by atomic mass is 32.2. The molecule has 0 aromatic heterocycles. The molecule has 3 aromatic rings. The van der Waals surface area contributed by atoms with Crippen molar-refractivity contribution in [2.45, 2.75) is 17.9 Å². The van der Waals surface area contributed by atoms with Crippen LogP contribution in [-0.4, -0.2) is 34.2 Å². The maximum Gasteiger partial charge on any atom is 0.191 e. The van der Waals surface area contributed by atoms with Crippen molar-refractivity contribution in [2.75, 3.05) is 19.8 Å². The van der Waals surface area contributed by atoms with Crippen molar-refractivity contribution in [3.63, 3.8) is 0 Å². The number of benzene rings is 3. The monoisotopic (exact) mass is 395 g/mol. The summed E-state index contributed by atoms with van der Waals surface area (Å²) in [6.07, 6.45) is 2.00. The quantitative estimate of drug-likeness (QED) is 0.497. The lowest BCUT2D eigenvalue weighted by atomic mass is 10.1. The molecule has 0 amide bonds. The third-order valence-corrected chi connectivity index (χ3v) is 5.68. The van der Waals surface area contributed by atoms with E-state index in [1.54, 1.807) is 19.2 Å². The van der Waals surface area contributed by atoms with Gasteiger partial charge in [-0.1, -0.05) is 48.5 Å². The van der Waals surface area contributed by atoms with Crippen LogP contribution in [0.25, 0.3) is 10.8 Å². The highest BCUT2D eigenvalue weighted by molar-refractivity contribution is 7.90. The molecule has 0 bridgehead atoms. The summed E-state index contributed by atoms with van der Waals surface area (Å²) < 4.78 is 23.0. The fourth-order valence-electron chi connectivity index (χ4n) is 2.98. The Bertz CT molecular complexity index is 1070. The number of nitrogens with one attached hydrogen (secondary N) is 2. The normalized spacial score (nSPS) is 12.1. The van der Waals surface area contributed by atoms with Gasteiger partial charge in [-0.05, 0) is 46.5 Å². The molecule has 0 radical (unpaired) electrons. The number of rotatable bonds is 6. The second-order valence-electron chi connectivity index (χ2n) is 6.70. The van der Waals surface area contributed by atoms with E-state index >= 15 is 0 Å². The average Bonchev–Trinajstić information content (AvgIpc) is 2.70. The first-order valence-electron chi connectivity index (χ1n) is 9.17. The van der Waals surface area contributed by atoms with E-state index in [-0.39, 0.29) is 0 Å². The van der Waals surface area contributed by atoms with Crippen molar-refractivity contribution in [1.29, 1.82) is 0 Å². The molecule has 0 heterocycles. The Morgan fingerprint density at radius 3 is 2.25 bits per heavy atom. The standard InChI is InChI=1S/C22H25N3O2S/c1-23-22(24-14-13-17-8-11-21(12-9-17)28(2,26)27)25-16-18-7-10-19-5-3-4-6-20(19)15-18/h3-12,15H,13-14,16H2,1-2H3,(H2,23,24,25). The Morgan fingerprint density at radius 1 is 0.893 bits per heavy atom. The second kappa shape index (κ2) is 8.89. The Kier molecular flexibility index (Phi) is 6.31. The number of sulfone groups is 1. The summed E-state index contributed by atoms with van der Waals surface area (Å²) >= 11 is 0. The molecule has 5 nitrogen and oxygen atoms in total. The molecule has 0 unspecified atom stereocenters. The predicted octanol–water partition coefficient (Wildman–Crippen LogP) is 3.15. The van der Waals surface area contributed by atoms with Crippen LogP contribution in [0.1, 0.15) is 11.1 Å². The van der Waals surface area contributed by atoms with Gasteiger partial charge in [0, 0.05) is 26.4 Å². The SMILES string of the molecule is CN=C(NCCc1ccc(S(C)(=O)=O)cc1)NCc1ccc2ccccc2c1. The molecule has 0 aliphatic heterocycles. The van der Waals surface area contributed by atoms with Crippen LogP contribution in [0.15, 0.2) is 76.6 Å². The third-order valence-electron chi connectivity index (χ3n) is 4.56. The van der Waals surface area contributed by atoms with E-state index in [0.717, 1.165) is 17.9 Å².